The maximum Gasteiger partial charge on any atom is 0.262 e. The number of carbonyl (C=O) groups is 1. The summed E-state index contributed by atoms with van der Waals surface area (Å²) in [5, 5.41) is 9.69. The quantitative estimate of drug-likeness (QED) is 0.363. The van der Waals surface area contributed by atoms with Gasteiger partial charge >= 0.3 is 0 Å². The zero-order valence-corrected chi connectivity index (χ0v) is 18.6. The number of para-hydroxylation sites is 2. The number of benzene rings is 2. The Kier molecular flexibility index (Phi) is 7.85. The highest BCUT2D eigenvalue weighted by Gasteiger charge is 2.25. The molecule has 1 heterocycles. The van der Waals surface area contributed by atoms with Crippen LogP contribution in [0, 0.1) is 11.3 Å². The first-order chi connectivity index (χ1) is 15.1. The summed E-state index contributed by atoms with van der Waals surface area (Å²) in [5.74, 6) is -0.115. The van der Waals surface area contributed by atoms with Crippen LogP contribution in [0.4, 0.5) is 5.69 Å². The maximum atomic E-state index is 13.3. The molecular formula is C24H26N4O2S. The lowest BCUT2D eigenvalue weighted by Gasteiger charge is -2.25. The second-order valence-corrected chi connectivity index (χ2v) is 8.52. The van der Waals surface area contributed by atoms with Crippen molar-refractivity contribution in [1.29, 1.82) is 5.26 Å². The average Bonchev–Trinajstić information content (AvgIpc) is 2.79. The standard InChI is InChI=1S/C24H26N4O2S/c1-3-4-16-28-23(30)20-13-8-9-14-21(20)26-24(28)31-18(2)22(29)27(17-10-15-25)19-11-6-5-7-12-19/h5-9,11-14,18H,3-4,10,16-17H2,1-2H3. The van der Waals surface area contributed by atoms with Crippen molar-refractivity contribution >= 4 is 34.3 Å². The Bertz CT molecular complexity index is 1140. The van der Waals surface area contributed by atoms with Crippen LogP contribution in [-0.4, -0.2) is 27.3 Å². The van der Waals surface area contributed by atoms with E-state index in [9.17, 15) is 9.59 Å². The van der Waals surface area contributed by atoms with E-state index in [1.807, 2.05) is 55.5 Å². The molecule has 0 bridgehead atoms. The van der Waals surface area contributed by atoms with E-state index in [-0.39, 0.29) is 17.9 Å². The van der Waals surface area contributed by atoms with Gasteiger partial charge in [-0.15, -0.1) is 0 Å². The van der Waals surface area contributed by atoms with Gasteiger partial charge in [-0.25, -0.2) is 4.98 Å². The van der Waals surface area contributed by atoms with Gasteiger partial charge in [0.1, 0.15) is 0 Å². The molecule has 1 unspecified atom stereocenters. The van der Waals surface area contributed by atoms with Crippen LogP contribution in [0.3, 0.4) is 0 Å². The number of hydrogen-bond acceptors (Lipinski definition) is 5. The first-order valence-electron chi connectivity index (χ1n) is 10.5. The van der Waals surface area contributed by atoms with E-state index in [0.29, 0.717) is 29.1 Å². The first kappa shape index (κ1) is 22.6. The fraction of sp³-hybridized carbons (Fsp3) is 0.333. The third-order valence-corrected chi connectivity index (χ3v) is 6.05. The van der Waals surface area contributed by atoms with E-state index in [1.165, 1.54) is 11.8 Å². The lowest BCUT2D eigenvalue weighted by Crippen LogP contribution is -2.37. The SMILES string of the molecule is CCCCn1c(SC(C)C(=O)N(CCC#N)c2ccccc2)nc2ccccc2c1=O. The average molecular weight is 435 g/mol. The molecule has 6 nitrogen and oxygen atoms in total. The largest absolute Gasteiger partial charge is 0.310 e. The molecule has 1 amide bonds. The van der Waals surface area contributed by atoms with E-state index < -0.39 is 5.25 Å². The molecule has 31 heavy (non-hydrogen) atoms. The van der Waals surface area contributed by atoms with Gasteiger partial charge in [0.05, 0.1) is 28.6 Å². The lowest BCUT2D eigenvalue weighted by molar-refractivity contribution is -0.117. The Morgan fingerprint density at radius 1 is 1.19 bits per heavy atom. The van der Waals surface area contributed by atoms with Gasteiger partial charge in [-0.05, 0) is 37.6 Å². The van der Waals surface area contributed by atoms with Gasteiger partial charge in [-0.2, -0.15) is 5.26 Å². The molecule has 0 spiro atoms. The number of carbonyl (C=O) groups excluding carboxylic acids is 1. The highest BCUT2D eigenvalue weighted by atomic mass is 32.2. The predicted molar refractivity (Wildman–Crippen MR) is 125 cm³/mol. The van der Waals surface area contributed by atoms with Crippen LogP contribution < -0.4 is 10.5 Å². The van der Waals surface area contributed by atoms with Gasteiger partial charge in [0, 0.05) is 18.8 Å². The molecule has 3 rings (SSSR count). The second-order valence-electron chi connectivity index (χ2n) is 7.22. The van der Waals surface area contributed by atoms with Crippen molar-refractivity contribution in [3.05, 3.63) is 65.0 Å². The van der Waals surface area contributed by atoms with Crippen molar-refractivity contribution in [2.24, 2.45) is 0 Å². The zero-order valence-electron chi connectivity index (χ0n) is 17.8. The van der Waals surface area contributed by atoms with Crippen LogP contribution in [0.15, 0.2) is 64.5 Å². The summed E-state index contributed by atoms with van der Waals surface area (Å²) < 4.78 is 1.68. The molecule has 0 aliphatic rings. The maximum absolute atomic E-state index is 13.3. The Labute approximate surface area is 186 Å². The highest BCUT2D eigenvalue weighted by molar-refractivity contribution is 8.00. The number of unbranched alkanes of at least 4 members (excludes halogenated alkanes) is 1. The van der Waals surface area contributed by atoms with Crippen molar-refractivity contribution in [2.75, 3.05) is 11.4 Å². The number of nitrogens with zero attached hydrogens (tertiary/aromatic N) is 4. The number of fused-ring (bicyclic) bond motifs is 1. The number of hydrogen-bond donors (Lipinski definition) is 0. The van der Waals surface area contributed by atoms with Crippen LogP contribution in [0.5, 0.6) is 0 Å². The summed E-state index contributed by atoms with van der Waals surface area (Å²) in [5.41, 5.74) is 1.31. The van der Waals surface area contributed by atoms with E-state index in [0.717, 1.165) is 18.5 Å². The van der Waals surface area contributed by atoms with Crippen molar-refractivity contribution in [1.82, 2.24) is 9.55 Å². The van der Waals surface area contributed by atoms with E-state index in [1.54, 1.807) is 15.5 Å². The van der Waals surface area contributed by atoms with E-state index in [4.69, 9.17) is 10.2 Å². The second kappa shape index (κ2) is 10.8. The van der Waals surface area contributed by atoms with Gasteiger partial charge in [-0.1, -0.05) is 55.4 Å². The Hall–Kier alpha value is -3.11. The molecule has 1 aromatic heterocycles. The number of aromatic nitrogens is 2. The number of rotatable bonds is 9. The molecule has 0 N–H and O–H groups in total. The first-order valence-corrected chi connectivity index (χ1v) is 11.3. The molecule has 1 atom stereocenters. The smallest absolute Gasteiger partial charge is 0.262 e. The van der Waals surface area contributed by atoms with Crippen LogP contribution >= 0.6 is 11.8 Å². The summed E-state index contributed by atoms with van der Waals surface area (Å²) in [7, 11) is 0. The minimum atomic E-state index is -0.472. The van der Waals surface area contributed by atoms with Gasteiger partial charge in [0.25, 0.3) is 5.56 Å². The molecule has 0 aliphatic heterocycles. The molecule has 0 saturated carbocycles. The van der Waals surface area contributed by atoms with E-state index >= 15 is 0 Å². The van der Waals surface area contributed by atoms with Crippen molar-refractivity contribution in [2.45, 2.75) is 50.1 Å². The fourth-order valence-electron chi connectivity index (χ4n) is 3.32. The van der Waals surface area contributed by atoms with Crippen molar-refractivity contribution in [3.8, 4) is 6.07 Å². The highest BCUT2D eigenvalue weighted by Crippen LogP contribution is 2.26. The normalized spacial score (nSPS) is 11.8. The molecule has 3 aromatic rings. The fourth-order valence-corrected chi connectivity index (χ4v) is 4.31. The number of nitriles is 1. The molecule has 0 fully saturated rings. The predicted octanol–water partition coefficient (Wildman–Crippen LogP) is 4.62. The van der Waals surface area contributed by atoms with Crippen LogP contribution in [-0.2, 0) is 11.3 Å². The molecule has 2 aromatic carbocycles. The zero-order chi connectivity index (χ0) is 22.2. The van der Waals surface area contributed by atoms with Crippen LogP contribution in [0.25, 0.3) is 10.9 Å². The molecule has 7 heteroatoms. The van der Waals surface area contributed by atoms with E-state index in [2.05, 4.69) is 13.0 Å². The molecule has 0 aliphatic carbocycles. The number of amides is 1. The van der Waals surface area contributed by atoms with Crippen LogP contribution in [0.1, 0.15) is 33.1 Å². The lowest BCUT2D eigenvalue weighted by atomic mass is 10.2. The Balaban J connectivity index is 1.93. The number of thioether (sulfide) groups is 1. The number of anilines is 1. The molecule has 0 radical (unpaired) electrons. The van der Waals surface area contributed by atoms with Crippen LogP contribution in [0.2, 0.25) is 0 Å². The van der Waals surface area contributed by atoms with Gasteiger partial charge < -0.3 is 4.90 Å². The summed E-state index contributed by atoms with van der Waals surface area (Å²) in [6.07, 6.45) is 2.05. The molecular weight excluding hydrogens is 408 g/mol. The topological polar surface area (TPSA) is 79.0 Å². The third kappa shape index (κ3) is 5.33. The summed E-state index contributed by atoms with van der Waals surface area (Å²) in [4.78, 5) is 32.7. The summed E-state index contributed by atoms with van der Waals surface area (Å²) in [6, 6.07) is 18.8. The van der Waals surface area contributed by atoms with Crippen molar-refractivity contribution < 1.29 is 4.79 Å². The Morgan fingerprint density at radius 3 is 2.61 bits per heavy atom. The Morgan fingerprint density at radius 2 is 1.90 bits per heavy atom. The summed E-state index contributed by atoms with van der Waals surface area (Å²) >= 11 is 1.29. The third-order valence-electron chi connectivity index (χ3n) is 4.97. The minimum absolute atomic E-state index is 0.0782. The monoisotopic (exact) mass is 434 g/mol. The van der Waals surface area contributed by atoms with Gasteiger partial charge in [0.2, 0.25) is 5.91 Å². The minimum Gasteiger partial charge on any atom is -0.310 e. The van der Waals surface area contributed by atoms with Crippen molar-refractivity contribution in [3.63, 3.8) is 0 Å². The molecule has 0 saturated heterocycles. The summed E-state index contributed by atoms with van der Waals surface area (Å²) in [6.45, 7) is 4.78. The van der Waals surface area contributed by atoms with Gasteiger partial charge in [0.15, 0.2) is 5.16 Å². The van der Waals surface area contributed by atoms with Gasteiger partial charge in [-0.3, -0.25) is 14.2 Å². The molecule has 160 valence electrons.